The molecule has 0 saturated carbocycles. The van der Waals surface area contributed by atoms with E-state index in [1.54, 1.807) is 0 Å². The lowest BCUT2D eigenvalue weighted by Gasteiger charge is -2.17. The maximum Gasteiger partial charge on any atom is 0.323 e. The molecule has 0 fully saturated rings. The molecule has 8 N–H and O–H groups in total. The molecule has 0 unspecified atom stereocenters. The van der Waals surface area contributed by atoms with Gasteiger partial charge < -0.3 is 20.8 Å². The number of hydrogen-bond donors (Lipinski definition) is 8. The van der Waals surface area contributed by atoms with Crippen LogP contribution in [0.1, 0.15) is 0 Å². The molecule has 6 aromatic rings. The number of fused-ring (bicyclic) bond motifs is 2. The second kappa shape index (κ2) is 13.8. The summed E-state index contributed by atoms with van der Waals surface area (Å²) in [6.07, 6.45) is 0. The van der Waals surface area contributed by atoms with Gasteiger partial charge in [0.25, 0.3) is 40.3 Å². The number of nitrogens with one attached hydrogen (secondary N) is 4. The molecule has 0 aromatic heterocycles. The van der Waals surface area contributed by atoms with E-state index in [0.29, 0.717) is 0 Å². The van der Waals surface area contributed by atoms with Gasteiger partial charge in [0.15, 0.2) is 11.5 Å². The summed E-state index contributed by atoms with van der Waals surface area (Å²) in [5, 5.41) is 26.2. The molecule has 6 aromatic carbocycles. The van der Waals surface area contributed by atoms with E-state index in [9.17, 15) is 57.8 Å². The van der Waals surface area contributed by atoms with E-state index in [2.05, 4.69) is 20.1 Å². The molecule has 6 rings (SSSR count). The highest BCUT2D eigenvalue weighted by Crippen LogP contribution is 2.41. The Bertz CT molecular complexity index is 2770. The number of benzene rings is 6. The molecular formula is C33H26N4O13S4. The van der Waals surface area contributed by atoms with Crippen LogP contribution in [0, 0.1) is 0 Å². The molecule has 0 aliphatic rings. The standard InChI is InChI=1S/C33H26N4O13S4/c38-29-25(17-19-9-1-3-11-21(19)31(29)53(45,46)47)36-51(41,42)27-15-7-5-13-23(27)34-33(40)35-24-14-6-8-16-28(24)52(43,44)37-26-18-20-10-2-4-12-22(20)32(30(26)39)54(48,49)50/h1-18,36-39H,(H2,34,35,40)(H,45,46,47)(H,48,49,50). The molecule has 2 amide bonds. The molecule has 21 heteroatoms. The minimum absolute atomic E-state index is 0.0893. The molecule has 0 radical (unpaired) electrons. The molecule has 0 saturated heterocycles. The molecule has 0 heterocycles. The van der Waals surface area contributed by atoms with E-state index in [1.165, 1.54) is 84.9 Å². The fourth-order valence-electron chi connectivity index (χ4n) is 5.57. The number of phenols is 2. The first-order valence-electron chi connectivity index (χ1n) is 15.0. The van der Waals surface area contributed by atoms with Crippen molar-refractivity contribution in [3.8, 4) is 11.5 Å². The number of carbonyl (C=O) groups excluding carboxylic acids is 1. The monoisotopic (exact) mass is 814 g/mol. The van der Waals surface area contributed by atoms with Crippen LogP contribution in [-0.2, 0) is 40.3 Å². The van der Waals surface area contributed by atoms with Crippen molar-refractivity contribution in [3.05, 3.63) is 109 Å². The van der Waals surface area contributed by atoms with E-state index in [-0.39, 0.29) is 32.9 Å². The highest BCUT2D eigenvalue weighted by molar-refractivity contribution is 7.93. The molecule has 0 bridgehead atoms. The number of para-hydroxylation sites is 2. The smallest absolute Gasteiger partial charge is 0.323 e. The number of aromatic hydroxyl groups is 2. The number of urea groups is 1. The van der Waals surface area contributed by atoms with Crippen molar-refractivity contribution in [1.82, 2.24) is 0 Å². The van der Waals surface area contributed by atoms with Gasteiger partial charge in [-0.15, -0.1) is 0 Å². The summed E-state index contributed by atoms with van der Waals surface area (Å²) in [4.78, 5) is 10.2. The first-order valence-corrected chi connectivity index (χ1v) is 20.9. The Morgan fingerprint density at radius 3 is 1.17 bits per heavy atom. The number of carbonyl (C=O) groups is 1. The summed E-state index contributed by atoms with van der Waals surface area (Å²) in [5.74, 6) is -2.19. The Kier molecular flexibility index (Phi) is 9.64. The van der Waals surface area contributed by atoms with Gasteiger partial charge in [0.05, 0.1) is 22.7 Å². The van der Waals surface area contributed by atoms with Crippen LogP contribution in [0.4, 0.5) is 27.5 Å². The molecule has 54 heavy (non-hydrogen) atoms. The molecule has 0 spiro atoms. The lowest BCUT2D eigenvalue weighted by Crippen LogP contribution is -2.24. The third-order valence-corrected chi connectivity index (χ3v) is 12.5. The van der Waals surface area contributed by atoms with Crippen molar-refractivity contribution in [2.45, 2.75) is 19.6 Å². The molecule has 0 aliphatic heterocycles. The van der Waals surface area contributed by atoms with Gasteiger partial charge in [-0.2, -0.15) is 16.8 Å². The summed E-state index contributed by atoms with van der Waals surface area (Å²) in [7, 11) is -19.6. The Morgan fingerprint density at radius 1 is 0.463 bits per heavy atom. The van der Waals surface area contributed by atoms with Crippen molar-refractivity contribution in [2.24, 2.45) is 0 Å². The van der Waals surface area contributed by atoms with E-state index in [4.69, 9.17) is 0 Å². The van der Waals surface area contributed by atoms with E-state index in [0.717, 1.165) is 24.3 Å². The largest absolute Gasteiger partial charge is 0.504 e. The lowest BCUT2D eigenvalue weighted by atomic mass is 10.1. The van der Waals surface area contributed by atoms with Crippen LogP contribution in [0.15, 0.2) is 129 Å². The van der Waals surface area contributed by atoms with Gasteiger partial charge in [0.2, 0.25) is 0 Å². The predicted molar refractivity (Wildman–Crippen MR) is 198 cm³/mol. The summed E-state index contributed by atoms with van der Waals surface area (Å²) in [6.45, 7) is 0. The first-order chi connectivity index (χ1) is 25.3. The second-order valence-corrected chi connectivity index (χ2v) is 17.4. The van der Waals surface area contributed by atoms with Crippen LogP contribution in [0.25, 0.3) is 21.5 Å². The Morgan fingerprint density at radius 2 is 0.796 bits per heavy atom. The van der Waals surface area contributed by atoms with Crippen LogP contribution in [0.2, 0.25) is 0 Å². The minimum Gasteiger partial charge on any atom is -0.504 e. The third-order valence-electron chi connectivity index (χ3n) is 7.81. The van der Waals surface area contributed by atoms with E-state index < -0.39 is 88.8 Å². The quantitative estimate of drug-likeness (QED) is 0.0657. The average Bonchev–Trinajstić information content (AvgIpc) is 3.08. The Hall–Kier alpha value is -5.97. The number of hydrogen-bond acceptors (Lipinski definition) is 11. The summed E-state index contributed by atoms with van der Waals surface area (Å²) < 4.78 is 127. The summed E-state index contributed by atoms with van der Waals surface area (Å²) in [6, 6.07) is 22.2. The van der Waals surface area contributed by atoms with Crippen molar-refractivity contribution >= 4 is 90.6 Å². The van der Waals surface area contributed by atoms with Crippen molar-refractivity contribution in [1.29, 1.82) is 0 Å². The zero-order valence-corrected chi connectivity index (χ0v) is 30.3. The minimum atomic E-state index is -5.05. The van der Waals surface area contributed by atoms with Gasteiger partial charge in [-0.25, -0.2) is 21.6 Å². The van der Waals surface area contributed by atoms with Crippen molar-refractivity contribution in [2.75, 3.05) is 20.1 Å². The molecule has 0 atom stereocenters. The second-order valence-electron chi connectivity index (χ2n) is 11.4. The maximum atomic E-state index is 13.6. The van der Waals surface area contributed by atoms with Crippen LogP contribution in [0.3, 0.4) is 0 Å². The van der Waals surface area contributed by atoms with Gasteiger partial charge in [-0.05, 0) is 47.2 Å². The number of rotatable bonds is 10. The SMILES string of the molecule is O=C(Nc1ccccc1S(=O)(=O)Nc1cc2ccccc2c(S(=O)(=O)O)c1O)Nc1ccccc1S(=O)(=O)Nc1cc2ccccc2c(S(=O)(=O)O)c1O. The normalized spacial score (nSPS) is 12.3. The molecule has 0 aliphatic carbocycles. The van der Waals surface area contributed by atoms with Crippen LogP contribution in [-0.4, -0.2) is 59.0 Å². The van der Waals surface area contributed by atoms with Gasteiger partial charge in [0, 0.05) is 10.8 Å². The summed E-state index contributed by atoms with van der Waals surface area (Å²) in [5.41, 5.74) is -1.94. The van der Waals surface area contributed by atoms with Crippen LogP contribution >= 0.6 is 0 Å². The molecular weight excluding hydrogens is 789 g/mol. The number of sulfonamides is 2. The van der Waals surface area contributed by atoms with Crippen LogP contribution in [0.5, 0.6) is 11.5 Å². The molecule has 280 valence electrons. The van der Waals surface area contributed by atoms with E-state index in [1.807, 2.05) is 0 Å². The summed E-state index contributed by atoms with van der Waals surface area (Å²) >= 11 is 0. The first kappa shape index (κ1) is 37.8. The fourth-order valence-corrected chi connectivity index (χ4v) is 9.65. The average molecular weight is 815 g/mol. The topological polar surface area (TPSA) is 283 Å². The lowest BCUT2D eigenvalue weighted by molar-refractivity contribution is 0.262. The fraction of sp³-hybridized carbons (Fsp3) is 0. The Balaban J connectivity index is 1.29. The number of phenolic OH excluding ortho intramolecular Hbond substituents is 2. The maximum absolute atomic E-state index is 13.6. The number of anilines is 4. The Labute approximate surface area is 307 Å². The van der Waals surface area contributed by atoms with Gasteiger partial charge in [0.1, 0.15) is 19.6 Å². The van der Waals surface area contributed by atoms with Gasteiger partial charge >= 0.3 is 6.03 Å². The van der Waals surface area contributed by atoms with Crippen molar-refractivity contribution in [3.63, 3.8) is 0 Å². The highest BCUT2D eigenvalue weighted by atomic mass is 32.2. The zero-order valence-electron chi connectivity index (χ0n) is 27.0. The van der Waals surface area contributed by atoms with Crippen LogP contribution < -0.4 is 20.1 Å². The predicted octanol–water partition coefficient (Wildman–Crippen LogP) is 5.14. The van der Waals surface area contributed by atoms with E-state index >= 15 is 0 Å². The molecule has 17 nitrogen and oxygen atoms in total. The van der Waals surface area contributed by atoms with Gasteiger partial charge in [-0.3, -0.25) is 18.5 Å². The zero-order chi connectivity index (χ0) is 39.2. The third kappa shape index (κ3) is 7.44. The highest BCUT2D eigenvalue weighted by Gasteiger charge is 2.29. The number of amides is 2. The van der Waals surface area contributed by atoms with Crippen molar-refractivity contribution < 1.29 is 57.8 Å². The van der Waals surface area contributed by atoms with Gasteiger partial charge in [-0.1, -0.05) is 72.8 Å².